The first kappa shape index (κ1) is 11.6. The number of piperazine rings is 1. The smallest absolute Gasteiger partial charge is 0.0405 e. The summed E-state index contributed by atoms with van der Waals surface area (Å²) in [5.74, 6) is 0. The highest BCUT2D eigenvalue weighted by Crippen LogP contribution is 2.27. The van der Waals surface area contributed by atoms with Crippen LogP contribution in [-0.4, -0.2) is 31.1 Å². The molecule has 0 aliphatic carbocycles. The summed E-state index contributed by atoms with van der Waals surface area (Å²) in [5.41, 5.74) is 2.90. The molecule has 0 atom stereocenters. The fourth-order valence-corrected chi connectivity index (χ4v) is 2.37. The van der Waals surface area contributed by atoms with Crippen molar-refractivity contribution in [2.45, 2.75) is 26.3 Å². The molecule has 2 nitrogen and oxygen atoms in total. The molecule has 16 heavy (non-hydrogen) atoms. The van der Waals surface area contributed by atoms with Crippen molar-refractivity contribution in [2.24, 2.45) is 0 Å². The summed E-state index contributed by atoms with van der Waals surface area (Å²) in [6.45, 7) is 11.3. The van der Waals surface area contributed by atoms with Crippen LogP contribution in [0, 0.1) is 6.92 Å². The molecule has 0 bridgehead atoms. The van der Waals surface area contributed by atoms with Crippen molar-refractivity contribution < 1.29 is 0 Å². The van der Waals surface area contributed by atoms with Gasteiger partial charge in [0.15, 0.2) is 0 Å². The number of hydrogen-bond acceptors (Lipinski definition) is 2. The predicted octanol–water partition coefficient (Wildman–Crippen LogP) is 2.14. The minimum Gasteiger partial charge on any atom is -0.314 e. The Morgan fingerprint density at radius 1 is 1.06 bits per heavy atom. The summed E-state index contributed by atoms with van der Waals surface area (Å²) in [6.07, 6.45) is 0. The summed E-state index contributed by atoms with van der Waals surface area (Å²) in [6, 6.07) is 8.94. The zero-order chi connectivity index (χ0) is 11.6. The number of aryl methyl sites for hydroxylation is 1. The van der Waals surface area contributed by atoms with Crippen LogP contribution in [-0.2, 0) is 5.54 Å². The molecule has 1 fully saturated rings. The first-order valence-corrected chi connectivity index (χ1v) is 6.13. The molecule has 1 saturated heterocycles. The van der Waals surface area contributed by atoms with Gasteiger partial charge in [-0.15, -0.1) is 0 Å². The van der Waals surface area contributed by atoms with E-state index >= 15 is 0 Å². The van der Waals surface area contributed by atoms with Gasteiger partial charge in [0.05, 0.1) is 0 Å². The Morgan fingerprint density at radius 2 is 1.62 bits per heavy atom. The van der Waals surface area contributed by atoms with Crippen LogP contribution < -0.4 is 5.32 Å². The lowest BCUT2D eigenvalue weighted by Gasteiger charge is -2.41. The van der Waals surface area contributed by atoms with E-state index in [2.05, 4.69) is 55.3 Å². The Kier molecular flexibility index (Phi) is 3.31. The van der Waals surface area contributed by atoms with Crippen molar-refractivity contribution in [2.75, 3.05) is 26.2 Å². The maximum Gasteiger partial charge on any atom is 0.0405 e. The van der Waals surface area contributed by atoms with Gasteiger partial charge >= 0.3 is 0 Å². The highest BCUT2D eigenvalue weighted by Gasteiger charge is 2.29. The van der Waals surface area contributed by atoms with Gasteiger partial charge in [0.2, 0.25) is 0 Å². The van der Waals surface area contributed by atoms with E-state index < -0.39 is 0 Å². The zero-order valence-electron chi connectivity index (χ0n) is 10.6. The first-order valence-electron chi connectivity index (χ1n) is 6.13. The van der Waals surface area contributed by atoms with Gasteiger partial charge in [-0.1, -0.05) is 29.8 Å². The average Bonchev–Trinajstić information content (AvgIpc) is 2.31. The highest BCUT2D eigenvalue weighted by molar-refractivity contribution is 5.27. The van der Waals surface area contributed by atoms with E-state index in [9.17, 15) is 0 Å². The van der Waals surface area contributed by atoms with E-state index in [1.807, 2.05) is 0 Å². The van der Waals surface area contributed by atoms with E-state index in [-0.39, 0.29) is 5.54 Å². The van der Waals surface area contributed by atoms with Crippen molar-refractivity contribution in [3.63, 3.8) is 0 Å². The third kappa shape index (κ3) is 2.28. The molecule has 1 aromatic carbocycles. The van der Waals surface area contributed by atoms with Gasteiger partial charge in [-0.2, -0.15) is 0 Å². The quantitative estimate of drug-likeness (QED) is 0.818. The normalized spacial score (nSPS) is 18.7. The summed E-state index contributed by atoms with van der Waals surface area (Å²) >= 11 is 0. The van der Waals surface area contributed by atoms with Crippen molar-refractivity contribution in [1.29, 1.82) is 0 Å². The standard InChI is InChI=1S/C14H22N2/c1-12-4-6-13(7-5-12)14(2,3)16-10-8-15-9-11-16/h4-7,15H,8-11H2,1-3H3. The van der Waals surface area contributed by atoms with E-state index in [0.717, 1.165) is 26.2 Å². The Hall–Kier alpha value is -0.860. The number of nitrogens with one attached hydrogen (secondary N) is 1. The largest absolute Gasteiger partial charge is 0.314 e. The second-order valence-electron chi connectivity index (χ2n) is 5.16. The van der Waals surface area contributed by atoms with Crippen LogP contribution in [0.1, 0.15) is 25.0 Å². The molecule has 0 aromatic heterocycles. The molecule has 0 spiro atoms. The van der Waals surface area contributed by atoms with Gasteiger partial charge < -0.3 is 5.32 Å². The number of benzene rings is 1. The van der Waals surface area contributed by atoms with Crippen LogP contribution in [0.4, 0.5) is 0 Å². The van der Waals surface area contributed by atoms with Crippen molar-refractivity contribution >= 4 is 0 Å². The highest BCUT2D eigenvalue weighted by atomic mass is 15.2. The lowest BCUT2D eigenvalue weighted by Crippen LogP contribution is -2.51. The van der Waals surface area contributed by atoms with Gasteiger partial charge in [0, 0.05) is 31.7 Å². The molecule has 1 aromatic rings. The first-order chi connectivity index (χ1) is 7.60. The van der Waals surface area contributed by atoms with Crippen molar-refractivity contribution in [3.8, 4) is 0 Å². The molecular formula is C14H22N2. The van der Waals surface area contributed by atoms with Crippen LogP contribution >= 0.6 is 0 Å². The molecule has 0 amide bonds. The van der Waals surface area contributed by atoms with Gasteiger partial charge in [0.1, 0.15) is 0 Å². The second-order valence-corrected chi connectivity index (χ2v) is 5.16. The number of nitrogens with zero attached hydrogens (tertiary/aromatic N) is 1. The molecule has 1 aliphatic heterocycles. The number of rotatable bonds is 2. The minimum atomic E-state index is 0.149. The molecular weight excluding hydrogens is 196 g/mol. The SMILES string of the molecule is Cc1ccc(C(C)(C)N2CCNCC2)cc1. The van der Waals surface area contributed by atoms with Crippen molar-refractivity contribution in [3.05, 3.63) is 35.4 Å². The molecule has 1 heterocycles. The van der Waals surface area contributed by atoms with Crippen LogP contribution in [0.2, 0.25) is 0 Å². The molecule has 1 N–H and O–H groups in total. The van der Waals surface area contributed by atoms with Crippen molar-refractivity contribution in [1.82, 2.24) is 10.2 Å². The fraction of sp³-hybridized carbons (Fsp3) is 0.571. The average molecular weight is 218 g/mol. The van der Waals surface area contributed by atoms with Crippen LogP contribution in [0.15, 0.2) is 24.3 Å². The fourth-order valence-electron chi connectivity index (χ4n) is 2.37. The lowest BCUT2D eigenvalue weighted by molar-refractivity contribution is 0.102. The molecule has 2 rings (SSSR count). The Labute approximate surface area is 98.7 Å². The third-order valence-corrected chi connectivity index (χ3v) is 3.67. The van der Waals surface area contributed by atoms with Gasteiger partial charge in [-0.05, 0) is 26.3 Å². The zero-order valence-corrected chi connectivity index (χ0v) is 10.6. The monoisotopic (exact) mass is 218 g/mol. The second kappa shape index (κ2) is 4.56. The Balaban J connectivity index is 2.19. The predicted molar refractivity (Wildman–Crippen MR) is 68.6 cm³/mol. The van der Waals surface area contributed by atoms with Gasteiger partial charge in [0.25, 0.3) is 0 Å². The molecule has 0 radical (unpaired) electrons. The minimum absolute atomic E-state index is 0.149. The molecule has 0 saturated carbocycles. The van der Waals surface area contributed by atoms with E-state index in [1.54, 1.807) is 0 Å². The summed E-state index contributed by atoms with van der Waals surface area (Å²) in [5, 5.41) is 3.41. The summed E-state index contributed by atoms with van der Waals surface area (Å²) in [4.78, 5) is 2.56. The third-order valence-electron chi connectivity index (χ3n) is 3.67. The molecule has 1 aliphatic rings. The summed E-state index contributed by atoms with van der Waals surface area (Å²) in [7, 11) is 0. The Morgan fingerprint density at radius 3 is 2.19 bits per heavy atom. The molecule has 2 heteroatoms. The summed E-state index contributed by atoms with van der Waals surface area (Å²) < 4.78 is 0. The topological polar surface area (TPSA) is 15.3 Å². The number of hydrogen-bond donors (Lipinski definition) is 1. The lowest BCUT2D eigenvalue weighted by atomic mass is 9.91. The van der Waals surface area contributed by atoms with Crippen LogP contribution in [0.5, 0.6) is 0 Å². The molecule has 88 valence electrons. The van der Waals surface area contributed by atoms with Gasteiger partial charge in [-0.25, -0.2) is 0 Å². The Bertz CT molecular complexity index is 334. The maximum absolute atomic E-state index is 3.41. The van der Waals surface area contributed by atoms with Crippen LogP contribution in [0.3, 0.4) is 0 Å². The van der Waals surface area contributed by atoms with E-state index in [4.69, 9.17) is 0 Å². The van der Waals surface area contributed by atoms with Gasteiger partial charge in [-0.3, -0.25) is 4.90 Å². The van der Waals surface area contributed by atoms with Crippen LogP contribution in [0.25, 0.3) is 0 Å². The maximum atomic E-state index is 3.41. The molecule has 0 unspecified atom stereocenters. The van der Waals surface area contributed by atoms with E-state index in [1.165, 1.54) is 11.1 Å². The van der Waals surface area contributed by atoms with E-state index in [0.29, 0.717) is 0 Å².